The Balaban J connectivity index is 1.91. The van der Waals surface area contributed by atoms with Gasteiger partial charge in [0.15, 0.2) is 0 Å². The molecule has 0 saturated heterocycles. The van der Waals surface area contributed by atoms with E-state index >= 15 is 0 Å². The number of methoxy groups -OCH3 is 2. The summed E-state index contributed by atoms with van der Waals surface area (Å²) in [5.41, 5.74) is 2.61. The van der Waals surface area contributed by atoms with Crippen LogP contribution in [0.3, 0.4) is 0 Å². The molecule has 36 heavy (non-hydrogen) atoms. The third-order valence-corrected chi connectivity index (χ3v) is 6.25. The highest BCUT2D eigenvalue weighted by Gasteiger charge is 2.29. The van der Waals surface area contributed by atoms with Crippen molar-refractivity contribution in [1.29, 1.82) is 0 Å². The quantitative estimate of drug-likeness (QED) is 0.247. The molecule has 0 radical (unpaired) electrons. The maximum Gasteiger partial charge on any atom is 0.305 e. The Morgan fingerprint density at radius 2 is 1.81 bits per heavy atom. The molecular formula is C30H33FO5. The molecule has 1 unspecified atom stereocenters. The zero-order chi connectivity index (χ0) is 26.3. The average molecular weight is 493 g/mol. The van der Waals surface area contributed by atoms with Crippen molar-refractivity contribution in [2.75, 3.05) is 14.2 Å². The van der Waals surface area contributed by atoms with Crippen LogP contribution in [-0.2, 0) is 22.6 Å². The predicted molar refractivity (Wildman–Crippen MR) is 138 cm³/mol. The molecule has 3 aromatic carbocycles. The summed E-state index contributed by atoms with van der Waals surface area (Å²) in [6.07, 6.45) is 1.60. The number of aliphatic hydroxyl groups is 1. The van der Waals surface area contributed by atoms with E-state index in [1.165, 1.54) is 20.3 Å². The van der Waals surface area contributed by atoms with Gasteiger partial charge in [0.2, 0.25) is 0 Å². The minimum Gasteiger partial charge on any atom is -0.497 e. The molecule has 0 aliphatic carbocycles. The summed E-state index contributed by atoms with van der Waals surface area (Å²) in [4.78, 5) is 11.4. The van der Waals surface area contributed by atoms with Gasteiger partial charge in [-0.2, -0.15) is 0 Å². The molecule has 0 spiro atoms. The molecule has 3 aromatic rings. The van der Waals surface area contributed by atoms with Gasteiger partial charge in [0.25, 0.3) is 0 Å². The summed E-state index contributed by atoms with van der Waals surface area (Å²) in [5, 5.41) is 11.3. The Labute approximate surface area is 212 Å². The second-order valence-electron chi connectivity index (χ2n) is 9.21. The van der Waals surface area contributed by atoms with Gasteiger partial charge in [0.05, 0.1) is 20.3 Å². The third kappa shape index (κ3) is 6.52. The van der Waals surface area contributed by atoms with Crippen molar-refractivity contribution in [3.05, 3.63) is 95.8 Å². The monoisotopic (exact) mass is 492 g/mol. The standard InChI is InChI=1S/C30H33FO5/c1-6-30(2,3)29(33)26-17-21(10-13-24(26)25-18-22(34-4)12-14-27(25)31)19-36-23-9-7-8-20(16-23)11-15-28(32)35-5/h6-10,12-14,16-18,29,33H,1,11,15,19H2,2-5H3. The molecule has 0 aliphatic heterocycles. The SMILES string of the molecule is C=CC(C)(C)C(O)c1cc(COc2cccc(CCC(=O)OC)c2)ccc1-c1cc(OC)ccc1F. The molecule has 0 amide bonds. The zero-order valence-corrected chi connectivity index (χ0v) is 21.2. The van der Waals surface area contributed by atoms with Crippen LogP contribution < -0.4 is 9.47 Å². The number of rotatable bonds is 11. The Hall–Kier alpha value is -3.64. The summed E-state index contributed by atoms with van der Waals surface area (Å²) in [5.74, 6) is 0.513. The molecular weight excluding hydrogens is 459 g/mol. The Kier molecular flexibility index (Phi) is 8.88. The van der Waals surface area contributed by atoms with E-state index in [4.69, 9.17) is 14.2 Å². The summed E-state index contributed by atoms with van der Waals surface area (Å²) in [7, 11) is 2.90. The van der Waals surface area contributed by atoms with Crippen molar-refractivity contribution in [2.45, 2.75) is 39.4 Å². The van der Waals surface area contributed by atoms with Gasteiger partial charge in [-0.15, -0.1) is 6.58 Å². The largest absolute Gasteiger partial charge is 0.497 e. The summed E-state index contributed by atoms with van der Waals surface area (Å²) in [6, 6.07) is 17.6. The predicted octanol–water partition coefficient (Wildman–Crippen LogP) is 6.43. The lowest BCUT2D eigenvalue weighted by atomic mass is 9.79. The second-order valence-corrected chi connectivity index (χ2v) is 9.21. The van der Waals surface area contributed by atoms with Gasteiger partial charge in [0, 0.05) is 17.4 Å². The fourth-order valence-corrected chi connectivity index (χ4v) is 3.83. The van der Waals surface area contributed by atoms with E-state index in [0.29, 0.717) is 41.0 Å². The first-order valence-corrected chi connectivity index (χ1v) is 11.8. The van der Waals surface area contributed by atoms with Crippen molar-refractivity contribution in [1.82, 2.24) is 0 Å². The number of aryl methyl sites for hydroxylation is 1. The van der Waals surface area contributed by atoms with Crippen LogP contribution in [0.5, 0.6) is 11.5 Å². The van der Waals surface area contributed by atoms with Gasteiger partial charge in [-0.25, -0.2) is 4.39 Å². The molecule has 0 heterocycles. The zero-order valence-electron chi connectivity index (χ0n) is 21.2. The molecule has 6 heteroatoms. The second kappa shape index (κ2) is 11.9. The molecule has 190 valence electrons. The minimum absolute atomic E-state index is 0.246. The van der Waals surface area contributed by atoms with Crippen molar-refractivity contribution < 1.29 is 28.5 Å². The Bertz CT molecular complexity index is 1220. The summed E-state index contributed by atoms with van der Waals surface area (Å²) >= 11 is 0. The highest BCUT2D eigenvalue weighted by Crippen LogP contribution is 2.41. The van der Waals surface area contributed by atoms with Crippen LogP contribution in [-0.4, -0.2) is 25.3 Å². The first kappa shape index (κ1) is 27.0. The minimum atomic E-state index is -0.933. The molecule has 1 N–H and O–H groups in total. The lowest BCUT2D eigenvalue weighted by Gasteiger charge is -2.29. The molecule has 0 fully saturated rings. The molecule has 0 saturated carbocycles. The van der Waals surface area contributed by atoms with E-state index in [-0.39, 0.29) is 12.6 Å². The summed E-state index contributed by atoms with van der Waals surface area (Å²) in [6.45, 7) is 7.85. The number of ether oxygens (including phenoxy) is 3. The molecule has 0 aromatic heterocycles. The molecule has 5 nitrogen and oxygen atoms in total. The third-order valence-electron chi connectivity index (χ3n) is 6.25. The Morgan fingerprint density at radius 1 is 1.03 bits per heavy atom. The molecule has 3 rings (SSSR count). The van der Waals surface area contributed by atoms with E-state index in [2.05, 4.69) is 6.58 Å². The molecule has 0 bridgehead atoms. The van der Waals surface area contributed by atoms with Crippen LogP contribution >= 0.6 is 0 Å². The first-order chi connectivity index (χ1) is 17.2. The van der Waals surface area contributed by atoms with E-state index in [0.717, 1.165) is 11.1 Å². The van der Waals surface area contributed by atoms with Crippen molar-refractivity contribution in [3.8, 4) is 22.6 Å². The maximum absolute atomic E-state index is 14.8. The van der Waals surface area contributed by atoms with Gasteiger partial charge >= 0.3 is 5.97 Å². The molecule has 0 aliphatic rings. The normalized spacial score (nSPS) is 12.1. The van der Waals surface area contributed by atoms with Crippen LogP contribution in [0.15, 0.2) is 73.3 Å². The van der Waals surface area contributed by atoms with Gasteiger partial charge in [-0.1, -0.05) is 44.2 Å². The number of carbonyl (C=O) groups is 1. The van der Waals surface area contributed by atoms with E-state index < -0.39 is 17.3 Å². The van der Waals surface area contributed by atoms with Crippen LogP contribution in [0, 0.1) is 11.2 Å². The topological polar surface area (TPSA) is 65.0 Å². The maximum atomic E-state index is 14.8. The fraction of sp³-hybridized carbons (Fsp3) is 0.300. The average Bonchev–Trinajstić information content (AvgIpc) is 2.90. The van der Waals surface area contributed by atoms with E-state index in [9.17, 15) is 14.3 Å². The highest BCUT2D eigenvalue weighted by molar-refractivity contribution is 5.71. The van der Waals surface area contributed by atoms with Crippen LogP contribution in [0.25, 0.3) is 11.1 Å². The number of hydrogen-bond donors (Lipinski definition) is 1. The fourth-order valence-electron chi connectivity index (χ4n) is 3.83. The van der Waals surface area contributed by atoms with Gasteiger partial charge in [-0.05, 0) is 65.1 Å². The van der Waals surface area contributed by atoms with Crippen LogP contribution in [0.4, 0.5) is 4.39 Å². The highest BCUT2D eigenvalue weighted by atomic mass is 19.1. The number of halogens is 1. The number of benzene rings is 3. The van der Waals surface area contributed by atoms with Crippen molar-refractivity contribution >= 4 is 5.97 Å². The van der Waals surface area contributed by atoms with E-state index in [1.54, 1.807) is 24.3 Å². The van der Waals surface area contributed by atoms with Crippen molar-refractivity contribution in [3.63, 3.8) is 0 Å². The van der Waals surface area contributed by atoms with Gasteiger partial charge < -0.3 is 19.3 Å². The van der Waals surface area contributed by atoms with Crippen molar-refractivity contribution in [2.24, 2.45) is 5.41 Å². The number of aliphatic hydroxyl groups excluding tert-OH is 1. The Morgan fingerprint density at radius 3 is 2.50 bits per heavy atom. The smallest absolute Gasteiger partial charge is 0.305 e. The molecule has 1 atom stereocenters. The van der Waals surface area contributed by atoms with E-state index in [1.807, 2.05) is 50.2 Å². The first-order valence-electron chi connectivity index (χ1n) is 11.8. The van der Waals surface area contributed by atoms with Gasteiger partial charge in [0.1, 0.15) is 23.9 Å². The number of carbonyl (C=O) groups excluding carboxylic acids is 1. The van der Waals surface area contributed by atoms with Gasteiger partial charge in [-0.3, -0.25) is 4.79 Å². The van der Waals surface area contributed by atoms with Crippen LogP contribution in [0.1, 0.15) is 43.1 Å². The lowest BCUT2D eigenvalue weighted by Crippen LogP contribution is -2.20. The lowest BCUT2D eigenvalue weighted by molar-refractivity contribution is -0.140. The van der Waals surface area contributed by atoms with Crippen LogP contribution in [0.2, 0.25) is 0 Å². The number of esters is 1. The summed E-state index contributed by atoms with van der Waals surface area (Å²) < 4.78 is 30.8. The number of hydrogen-bond acceptors (Lipinski definition) is 5.